The first-order chi connectivity index (χ1) is 11.7. The van der Waals surface area contributed by atoms with Gasteiger partial charge in [-0.2, -0.15) is 0 Å². The minimum absolute atomic E-state index is 0.103. The first-order valence-corrected chi connectivity index (χ1v) is 7.86. The number of hydrogen-bond donors (Lipinski definition) is 2. The van der Waals surface area contributed by atoms with Gasteiger partial charge in [0.1, 0.15) is 11.5 Å². The van der Waals surface area contributed by atoms with E-state index >= 15 is 0 Å². The Bertz CT molecular complexity index is 997. The lowest BCUT2D eigenvalue weighted by atomic mass is 10.2. The summed E-state index contributed by atoms with van der Waals surface area (Å²) >= 11 is 0. The van der Waals surface area contributed by atoms with E-state index in [4.69, 9.17) is 0 Å². The van der Waals surface area contributed by atoms with E-state index in [1.165, 1.54) is 0 Å². The molecule has 0 fully saturated rings. The number of para-hydroxylation sites is 2. The topological polar surface area (TPSA) is 75.1 Å². The van der Waals surface area contributed by atoms with Crippen molar-refractivity contribution in [1.29, 1.82) is 0 Å². The number of H-pyrrole nitrogens is 1. The van der Waals surface area contributed by atoms with Crippen LogP contribution in [0.1, 0.15) is 21.9 Å². The summed E-state index contributed by atoms with van der Waals surface area (Å²) in [4.78, 5) is 24.4. The zero-order valence-electron chi connectivity index (χ0n) is 13.3. The Balaban J connectivity index is 1.41. The van der Waals surface area contributed by atoms with Crippen LogP contribution in [0.5, 0.6) is 0 Å². The third kappa shape index (κ3) is 2.74. The molecule has 0 unspecified atom stereocenters. The van der Waals surface area contributed by atoms with Crippen molar-refractivity contribution in [2.75, 3.05) is 6.54 Å². The number of fused-ring (bicyclic) bond motifs is 2. The summed E-state index contributed by atoms with van der Waals surface area (Å²) < 4.78 is 1.90. The predicted molar refractivity (Wildman–Crippen MR) is 92.1 cm³/mol. The van der Waals surface area contributed by atoms with Crippen LogP contribution in [0.3, 0.4) is 0 Å². The van der Waals surface area contributed by atoms with Gasteiger partial charge in [0.05, 0.1) is 16.7 Å². The molecule has 0 saturated carbocycles. The third-order valence-corrected chi connectivity index (χ3v) is 3.93. The van der Waals surface area contributed by atoms with Crippen LogP contribution in [0.4, 0.5) is 0 Å². The lowest BCUT2D eigenvalue weighted by Gasteiger charge is -2.04. The molecule has 0 bridgehead atoms. The maximum Gasteiger partial charge on any atom is 0.251 e. The van der Waals surface area contributed by atoms with Gasteiger partial charge in [-0.05, 0) is 31.2 Å². The molecule has 0 aliphatic rings. The molecule has 24 heavy (non-hydrogen) atoms. The van der Waals surface area contributed by atoms with Crippen LogP contribution in [0.25, 0.3) is 16.7 Å². The van der Waals surface area contributed by atoms with E-state index in [2.05, 4.69) is 20.3 Å². The number of benzene rings is 1. The van der Waals surface area contributed by atoms with Crippen molar-refractivity contribution >= 4 is 22.6 Å². The molecule has 0 spiro atoms. The molecule has 6 heteroatoms. The second-order valence-corrected chi connectivity index (χ2v) is 5.77. The molecule has 120 valence electrons. The standard InChI is InChI=1S/C18H17N5O/c1-12-11-23-9-7-13(10-17(23)20-12)18(24)19-8-6-16-21-14-4-2-3-5-15(14)22-16/h2-5,7,9-11H,6,8H2,1H3,(H,19,24)(H,21,22). The van der Waals surface area contributed by atoms with Gasteiger partial charge in [-0.25, -0.2) is 9.97 Å². The summed E-state index contributed by atoms with van der Waals surface area (Å²) in [7, 11) is 0. The molecular weight excluding hydrogens is 302 g/mol. The molecule has 3 aromatic heterocycles. The second kappa shape index (κ2) is 5.81. The molecule has 3 heterocycles. The summed E-state index contributed by atoms with van der Waals surface area (Å²) in [5.41, 5.74) is 4.27. The lowest BCUT2D eigenvalue weighted by molar-refractivity contribution is 0.0954. The molecule has 0 aliphatic carbocycles. The van der Waals surface area contributed by atoms with E-state index in [9.17, 15) is 4.79 Å². The molecule has 4 rings (SSSR count). The third-order valence-electron chi connectivity index (χ3n) is 3.93. The normalized spacial score (nSPS) is 11.2. The zero-order chi connectivity index (χ0) is 16.5. The van der Waals surface area contributed by atoms with Gasteiger partial charge < -0.3 is 14.7 Å². The maximum atomic E-state index is 12.3. The quantitative estimate of drug-likeness (QED) is 0.607. The monoisotopic (exact) mass is 319 g/mol. The Morgan fingerprint density at radius 1 is 1.25 bits per heavy atom. The highest BCUT2D eigenvalue weighted by molar-refractivity contribution is 5.95. The second-order valence-electron chi connectivity index (χ2n) is 5.77. The van der Waals surface area contributed by atoms with E-state index in [0.29, 0.717) is 18.5 Å². The molecular formula is C18H17N5O. The van der Waals surface area contributed by atoms with Crippen LogP contribution in [-0.4, -0.2) is 31.8 Å². The number of carbonyl (C=O) groups is 1. The van der Waals surface area contributed by atoms with Crippen LogP contribution < -0.4 is 5.32 Å². The van der Waals surface area contributed by atoms with Gasteiger partial charge in [0, 0.05) is 30.9 Å². The number of aryl methyl sites for hydroxylation is 1. The van der Waals surface area contributed by atoms with Crippen molar-refractivity contribution in [3.63, 3.8) is 0 Å². The molecule has 0 atom stereocenters. The zero-order valence-corrected chi connectivity index (χ0v) is 13.3. The summed E-state index contributed by atoms with van der Waals surface area (Å²) in [6.45, 7) is 2.46. The summed E-state index contributed by atoms with van der Waals surface area (Å²) in [5.74, 6) is 0.769. The largest absolute Gasteiger partial charge is 0.352 e. The predicted octanol–water partition coefficient (Wildman–Crippen LogP) is 2.49. The molecule has 1 amide bonds. The van der Waals surface area contributed by atoms with Crippen molar-refractivity contribution in [3.05, 3.63) is 65.9 Å². The average molecular weight is 319 g/mol. The molecule has 0 saturated heterocycles. The van der Waals surface area contributed by atoms with E-state index in [-0.39, 0.29) is 5.91 Å². The number of amides is 1. The minimum Gasteiger partial charge on any atom is -0.352 e. The van der Waals surface area contributed by atoms with Gasteiger partial charge in [0.2, 0.25) is 0 Å². The molecule has 1 aromatic carbocycles. The Hall–Kier alpha value is -3.15. The van der Waals surface area contributed by atoms with Gasteiger partial charge in [-0.3, -0.25) is 4.79 Å². The number of pyridine rings is 1. The number of aromatic nitrogens is 4. The van der Waals surface area contributed by atoms with Gasteiger partial charge in [-0.15, -0.1) is 0 Å². The molecule has 6 nitrogen and oxygen atoms in total. The van der Waals surface area contributed by atoms with Gasteiger partial charge in [0.15, 0.2) is 0 Å². The number of carbonyl (C=O) groups excluding carboxylic acids is 1. The smallest absolute Gasteiger partial charge is 0.251 e. The number of nitrogens with zero attached hydrogens (tertiary/aromatic N) is 3. The lowest BCUT2D eigenvalue weighted by Crippen LogP contribution is -2.26. The first kappa shape index (κ1) is 14.4. The van der Waals surface area contributed by atoms with Crippen LogP contribution in [0.2, 0.25) is 0 Å². The van der Waals surface area contributed by atoms with Gasteiger partial charge in [0.25, 0.3) is 5.91 Å². The van der Waals surface area contributed by atoms with E-state index < -0.39 is 0 Å². The molecule has 0 radical (unpaired) electrons. The van der Waals surface area contributed by atoms with Crippen molar-refractivity contribution in [1.82, 2.24) is 24.7 Å². The van der Waals surface area contributed by atoms with Crippen molar-refractivity contribution in [2.24, 2.45) is 0 Å². The van der Waals surface area contributed by atoms with Crippen molar-refractivity contribution in [3.8, 4) is 0 Å². The summed E-state index contributed by atoms with van der Waals surface area (Å²) in [6, 6.07) is 11.5. The van der Waals surface area contributed by atoms with Crippen LogP contribution in [0.15, 0.2) is 48.8 Å². The van der Waals surface area contributed by atoms with Gasteiger partial charge >= 0.3 is 0 Å². The minimum atomic E-state index is -0.103. The van der Waals surface area contributed by atoms with Crippen molar-refractivity contribution < 1.29 is 4.79 Å². The van der Waals surface area contributed by atoms with E-state index in [1.807, 2.05) is 48.0 Å². The fourth-order valence-corrected chi connectivity index (χ4v) is 2.77. The first-order valence-electron chi connectivity index (χ1n) is 7.86. The SMILES string of the molecule is Cc1cn2ccc(C(=O)NCCc3nc4ccccc4[nH]3)cc2n1. The van der Waals surface area contributed by atoms with Crippen LogP contribution >= 0.6 is 0 Å². The highest BCUT2D eigenvalue weighted by Crippen LogP contribution is 2.11. The maximum absolute atomic E-state index is 12.3. The van der Waals surface area contributed by atoms with E-state index in [1.54, 1.807) is 12.1 Å². The molecule has 4 aromatic rings. The molecule has 0 aliphatic heterocycles. The summed E-state index contributed by atoms with van der Waals surface area (Å²) in [5, 5.41) is 2.93. The number of hydrogen-bond acceptors (Lipinski definition) is 3. The number of imidazole rings is 2. The number of rotatable bonds is 4. The van der Waals surface area contributed by atoms with Crippen LogP contribution in [-0.2, 0) is 6.42 Å². The average Bonchev–Trinajstić information content (AvgIpc) is 3.15. The van der Waals surface area contributed by atoms with Crippen molar-refractivity contribution in [2.45, 2.75) is 13.3 Å². The van der Waals surface area contributed by atoms with Gasteiger partial charge in [-0.1, -0.05) is 12.1 Å². The fraction of sp³-hybridized carbons (Fsp3) is 0.167. The molecule has 2 N–H and O–H groups in total. The van der Waals surface area contributed by atoms with Crippen LogP contribution in [0, 0.1) is 6.92 Å². The number of nitrogens with one attached hydrogen (secondary N) is 2. The Kier molecular flexibility index (Phi) is 3.49. The summed E-state index contributed by atoms with van der Waals surface area (Å²) in [6.07, 6.45) is 4.44. The highest BCUT2D eigenvalue weighted by Gasteiger charge is 2.08. The Morgan fingerprint density at radius 2 is 2.12 bits per heavy atom. The number of aromatic amines is 1. The Morgan fingerprint density at radius 3 is 3.00 bits per heavy atom. The Labute approximate surface area is 138 Å². The van der Waals surface area contributed by atoms with E-state index in [0.717, 1.165) is 28.2 Å². The fourth-order valence-electron chi connectivity index (χ4n) is 2.77. The highest BCUT2D eigenvalue weighted by atomic mass is 16.1.